The molecule has 5 heteroatoms. The summed E-state index contributed by atoms with van der Waals surface area (Å²) < 4.78 is 5.46. The van der Waals surface area contributed by atoms with E-state index in [1.807, 2.05) is 18.3 Å². The van der Waals surface area contributed by atoms with Gasteiger partial charge in [-0.05, 0) is 75.3 Å². The lowest BCUT2D eigenvalue weighted by atomic mass is 9.92. The van der Waals surface area contributed by atoms with Gasteiger partial charge in [0.2, 0.25) is 0 Å². The van der Waals surface area contributed by atoms with Crippen molar-refractivity contribution in [2.45, 2.75) is 65.3 Å². The fraction of sp³-hybridized carbons (Fsp3) is 0.438. The fourth-order valence-electron chi connectivity index (χ4n) is 5.83. The normalized spacial score (nSPS) is 18.2. The molecular weight excluding hydrogens is 458 g/mol. The molecule has 1 unspecified atom stereocenters. The molecule has 5 nitrogen and oxygen atoms in total. The number of H-pyrrole nitrogens is 1. The largest absolute Gasteiger partial charge is 0.381 e. The Morgan fingerprint density at radius 1 is 1.08 bits per heavy atom. The van der Waals surface area contributed by atoms with E-state index in [1.54, 1.807) is 0 Å². The molecule has 0 saturated carbocycles. The second-order valence-corrected chi connectivity index (χ2v) is 10.7. The van der Waals surface area contributed by atoms with Gasteiger partial charge in [-0.1, -0.05) is 48.2 Å². The lowest BCUT2D eigenvalue weighted by Gasteiger charge is -2.21. The second-order valence-electron chi connectivity index (χ2n) is 10.7. The summed E-state index contributed by atoms with van der Waals surface area (Å²) in [6.45, 7) is 8.93. The number of nitrogens with one attached hydrogen (secondary N) is 2. The summed E-state index contributed by atoms with van der Waals surface area (Å²) in [6.07, 6.45) is 10.8. The van der Waals surface area contributed by atoms with Gasteiger partial charge in [0, 0.05) is 54.4 Å². The third-order valence-corrected chi connectivity index (χ3v) is 7.75. The van der Waals surface area contributed by atoms with Gasteiger partial charge >= 0.3 is 0 Å². The third-order valence-electron chi connectivity index (χ3n) is 7.75. The number of hydrogen-bond acceptors (Lipinski definition) is 3. The van der Waals surface area contributed by atoms with E-state index < -0.39 is 0 Å². The number of aryl methyl sites for hydroxylation is 2. The number of benzene rings is 2. The second kappa shape index (κ2) is 11.5. The van der Waals surface area contributed by atoms with Crippen molar-refractivity contribution in [3.8, 4) is 11.1 Å². The number of amides is 1. The summed E-state index contributed by atoms with van der Waals surface area (Å²) in [6, 6.07) is 12.8. The van der Waals surface area contributed by atoms with Gasteiger partial charge in [0.15, 0.2) is 0 Å². The summed E-state index contributed by atoms with van der Waals surface area (Å²) in [5.74, 6) is 0.781. The van der Waals surface area contributed by atoms with Crippen LogP contribution in [0.1, 0.15) is 72.6 Å². The van der Waals surface area contributed by atoms with E-state index in [9.17, 15) is 4.79 Å². The molecular formula is C32H39N3O2. The first-order valence-corrected chi connectivity index (χ1v) is 13.8. The molecule has 0 spiro atoms. The van der Waals surface area contributed by atoms with Crippen LogP contribution < -0.4 is 5.32 Å². The van der Waals surface area contributed by atoms with Crippen molar-refractivity contribution in [1.82, 2.24) is 10.3 Å². The minimum absolute atomic E-state index is 0.00283. The van der Waals surface area contributed by atoms with E-state index in [0.29, 0.717) is 12.1 Å². The van der Waals surface area contributed by atoms with Crippen LogP contribution in [0, 0.1) is 19.8 Å². The molecule has 1 atom stereocenters. The minimum atomic E-state index is -0.00283. The zero-order chi connectivity index (χ0) is 25.8. The average Bonchev–Trinajstić information content (AvgIpc) is 3.27. The minimum Gasteiger partial charge on any atom is -0.381 e. The van der Waals surface area contributed by atoms with Crippen molar-refractivity contribution in [2.75, 3.05) is 19.8 Å². The number of hydrogen-bond donors (Lipinski definition) is 2. The van der Waals surface area contributed by atoms with Crippen molar-refractivity contribution in [3.05, 3.63) is 64.9 Å². The maximum atomic E-state index is 13.1. The van der Waals surface area contributed by atoms with Crippen LogP contribution in [0.3, 0.4) is 0 Å². The zero-order valence-electron chi connectivity index (χ0n) is 22.4. The summed E-state index contributed by atoms with van der Waals surface area (Å²) in [5, 5.41) is 4.23. The van der Waals surface area contributed by atoms with Crippen LogP contribution in [0.4, 0.5) is 0 Å². The van der Waals surface area contributed by atoms with Crippen LogP contribution in [-0.4, -0.2) is 42.9 Å². The Balaban J connectivity index is 1.38. The smallest absolute Gasteiger partial charge is 0.251 e. The summed E-state index contributed by atoms with van der Waals surface area (Å²) >= 11 is 0. The first kappa shape index (κ1) is 25.5. The van der Waals surface area contributed by atoms with Crippen LogP contribution in [-0.2, 0) is 4.74 Å². The molecule has 2 aliphatic rings. The molecule has 2 aromatic carbocycles. The molecule has 3 heterocycles. The van der Waals surface area contributed by atoms with Gasteiger partial charge in [-0.25, -0.2) is 0 Å². The van der Waals surface area contributed by atoms with Crippen LogP contribution in [0.15, 0.2) is 47.5 Å². The van der Waals surface area contributed by atoms with Crippen LogP contribution in [0.25, 0.3) is 27.6 Å². The Bertz CT molecular complexity index is 1310. The molecule has 37 heavy (non-hydrogen) atoms. The van der Waals surface area contributed by atoms with Crippen molar-refractivity contribution in [1.29, 1.82) is 0 Å². The molecule has 194 valence electrons. The summed E-state index contributed by atoms with van der Waals surface area (Å²) in [4.78, 5) is 21.4. The number of dihydropyridines is 1. The highest BCUT2D eigenvalue weighted by Gasteiger charge is 2.22. The molecule has 1 aromatic heterocycles. The van der Waals surface area contributed by atoms with E-state index >= 15 is 0 Å². The van der Waals surface area contributed by atoms with E-state index in [4.69, 9.17) is 4.74 Å². The Kier molecular flexibility index (Phi) is 7.90. The van der Waals surface area contributed by atoms with Gasteiger partial charge in [-0.3, -0.25) is 9.79 Å². The number of carbonyl (C=O) groups excluding carboxylic acids is 1. The lowest BCUT2D eigenvalue weighted by molar-refractivity contribution is 0.0631. The van der Waals surface area contributed by atoms with Crippen LogP contribution in [0.5, 0.6) is 0 Å². The Morgan fingerprint density at radius 3 is 2.62 bits per heavy atom. The maximum Gasteiger partial charge on any atom is 0.251 e. The Hall–Kier alpha value is -3.18. The molecule has 1 amide bonds. The Morgan fingerprint density at radius 2 is 1.86 bits per heavy atom. The molecule has 0 aliphatic carbocycles. The maximum absolute atomic E-state index is 13.1. The fourth-order valence-corrected chi connectivity index (χ4v) is 5.83. The van der Waals surface area contributed by atoms with E-state index in [-0.39, 0.29) is 11.9 Å². The standard InChI is InChI=1S/C32H39N3O2/c1-21-17-22(2)19-26(18-21)30-28-20-25(32(36)34-13-5-4-7-24-11-15-37-16-12-24)9-10-29(28)35-31(30)27-8-6-14-33-23(27)3/h8-10,14,17-20,23-24,35H,4-7,11-13,15-16H2,1-3H3,(H,34,36). The van der Waals surface area contributed by atoms with Crippen molar-refractivity contribution in [3.63, 3.8) is 0 Å². The quantitative estimate of drug-likeness (QED) is 0.328. The SMILES string of the molecule is Cc1cc(C)cc(-c2c(C3=CCC=NC3C)[nH]c3ccc(C(=O)NCCCCC4CCOCC4)cc23)c1. The number of aliphatic imine (C=N–C) groups is 1. The molecule has 3 aromatic rings. The van der Waals surface area contributed by atoms with Gasteiger partial charge in [0.1, 0.15) is 0 Å². The lowest BCUT2D eigenvalue weighted by Crippen LogP contribution is -2.24. The summed E-state index contributed by atoms with van der Waals surface area (Å²) in [7, 11) is 0. The molecule has 5 rings (SSSR count). The van der Waals surface area contributed by atoms with Crippen LogP contribution in [0.2, 0.25) is 0 Å². The van der Waals surface area contributed by atoms with Gasteiger partial charge in [0.05, 0.1) is 11.7 Å². The predicted octanol–water partition coefficient (Wildman–Crippen LogP) is 7.02. The topological polar surface area (TPSA) is 66.5 Å². The number of rotatable bonds is 8. The van der Waals surface area contributed by atoms with Gasteiger partial charge < -0.3 is 15.0 Å². The first-order valence-electron chi connectivity index (χ1n) is 13.8. The molecule has 2 N–H and O–H groups in total. The monoisotopic (exact) mass is 497 g/mol. The molecule has 2 aliphatic heterocycles. The van der Waals surface area contributed by atoms with Crippen molar-refractivity contribution < 1.29 is 9.53 Å². The molecule has 0 bridgehead atoms. The van der Waals surface area contributed by atoms with Gasteiger partial charge in [-0.2, -0.15) is 0 Å². The highest BCUT2D eigenvalue weighted by atomic mass is 16.5. The third kappa shape index (κ3) is 5.88. The number of unbranched alkanes of at least 4 members (excludes halogenated alkanes) is 1. The number of aromatic amines is 1. The van der Waals surface area contributed by atoms with Crippen molar-refractivity contribution in [2.24, 2.45) is 10.9 Å². The predicted molar refractivity (Wildman–Crippen MR) is 153 cm³/mol. The van der Waals surface area contributed by atoms with E-state index in [1.165, 1.54) is 41.5 Å². The van der Waals surface area contributed by atoms with E-state index in [2.05, 4.69) is 66.4 Å². The van der Waals surface area contributed by atoms with E-state index in [0.717, 1.165) is 60.6 Å². The van der Waals surface area contributed by atoms with Gasteiger partial charge in [-0.15, -0.1) is 0 Å². The average molecular weight is 498 g/mol. The van der Waals surface area contributed by atoms with Gasteiger partial charge in [0.25, 0.3) is 5.91 Å². The van der Waals surface area contributed by atoms with Crippen molar-refractivity contribution >= 4 is 28.6 Å². The van der Waals surface area contributed by atoms with Crippen LogP contribution >= 0.6 is 0 Å². The molecule has 1 fully saturated rings. The first-order chi connectivity index (χ1) is 18.0. The number of fused-ring (bicyclic) bond motifs is 1. The number of ether oxygens (including phenoxy) is 1. The zero-order valence-corrected chi connectivity index (χ0v) is 22.4. The number of nitrogens with zero attached hydrogens (tertiary/aromatic N) is 1. The molecule has 1 saturated heterocycles. The number of allylic oxidation sites excluding steroid dienone is 1. The summed E-state index contributed by atoms with van der Waals surface area (Å²) in [5.41, 5.74) is 8.85. The highest BCUT2D eigenvalue weighted by Crippen LogP contribution is 2.39. The molecule has 0 radical (unpaired) electrons. The number of carbonyl (C=O) groups is 1. The number of aromatic nitrogens is 1. The highest BCUT2D eigenvalue weighted by molar-refractivity contribution is 6.06. The Labute approximate surface area is 220 Å².